The SMILES string of the molecule is C=C(C)C(=O)OC1Cc2cc(COC)cc3cccc1c23. The Morgan fingerprint density at radius 3 is 2.90 bits per heavy atom. The molecule has 1 aliphatic rings. The Kier molecular flexibility index (Phi) is 3.52. The van der Waals surface area contributed by atoms with Gasteiger partial charge >= 0.3 is 5.97 Å². The molecule has 3 rings (SSSR count). The number of esters is 1. The average Bonchev–Trinajstić information content (AvgIpc) is 2.79. The van der Waals surface area contributed by atoms with E-state index in [-0.39, 0.29) is 12.1 Å². The maximum absolute atomic E-state index is 11.8. The van der Waals surface area contributed by atoms with Crippen LogP contribution in [0.25, 0.3) is 10.8 Å². The Bertz CT molecular complexity index is 731. The minimum atomic E-state index is -0.332. The van der Waals surface area contributed by atoms with E-state index in [4.69, 9.17) is 9.47 Å². The van der Waals surface area contributed by atoms with E-state index in [9.17, 15) is 4.79 Å². The fourth-order valence-corrected chi connectivity index (χ4v) is 2.94. The monoisotopic (exact) mass is 282 g/mol. The quantitative estimate of drug-likeness (QED) is 0.633. The van der Waals surface area contributed by atoms with Gasteiger partial charge in [0.2, 0.25) is 0 Å². The fraction of sp³-hybridized carbons (Fsp3) is 0.278. The van der Waals surface area contributed by atoms with Crippen molar-refractivity contribution >= 4 is 16.7 Å². The van der Waals surface area contributed by atoms with Gasteiger partial charge in [-0.05, 0) is 34.9 Å². The van der Waals surface area contributed by atoms with Crippen molar-refractivity contribution in [3.8, 4) is 0 Å². The van der Waals surface area contributed by atoms with Gasteiger partial charge in [-0.2, -0.15) is 0 Å². The summed E-state index contributed by atoms with van der Waals surface area (Å²) in [5, 5.41) is 2.38. The van der Waals surface area contributed by atoms with Crippen LogP contribution in [0.4, 0.5) is 0 Å². The lowest BCUT2D eigenvalue weighted by molar-refractivity contribution is -0.144. The maximum atomic E-state index is 11.8. The Balaban J connectivity index is 2.01. The van der Waals surface area contributed by atoms with Gasteiger partial charge in [0.25, 0.3) is 0 Å². The summed E-state index contributed by atoms with van der Waals surface area (Å²) in [6.45, 7) is 5.90. The average molecular weight is 282 g/mol. The van der Waals surface area contributed by atoms with Crippen molar-refractivity contribution in [2.45, 2.75) is 26.1 Å². The summed E-state index contributed by atoms with van der Waals surface area (Å²) in [7, 11) is 1.69. The number of carbonyl (C=O) groups is 1. The van der Waals surface area contributed by atoms with Crippen LogP contribution >= 0.6 is 0 Å². The summed E-state index contributed by atoms with van der Waals surface area (Å²) >= 11 is 0. The Hall–Kier alpha value is -2.13. The first-order valence-corrected chi connectivity index (χ1v) is 7.00. The summed E-state index contributed by atoms with van der Waals surface area (Å²) in [6.07, 6.45) is 0.498. The van der Waals surface area contributed by atoms with Gasteiger partial charge in [-0.3, -0.25) is 0 Å². The number of hydrogen-bond acceptors (Lipinski definition) is 3. The maximum Gasteiger partial charge on any atom is 0.333 e. The van der Waals surface area contributed by atoms with Crippen molar-refractivity contribution < 1.29 is 14.3 Å². The highest BCUT2D eigenvalue weighted by Crippen LogP contribution is 2.40. The van der Waals surface area contributed by atoms with Crippen LogP contribution in [0.15, 0.2) is 42.5 Å². The molecule has 108 valence electrons. The van der Waals surface area contributed by atoms with Crippen LogP contribution < -0.4 is 0 Å². The van der Waals surface area contributed by atoms with Crippen molar-refractivity contribution in [1.29, 1.82) is 0 Å². The lowest BCUT2D eigenvalue weighted by atomic mass is 10.0. The molecular weight excluding hydrogens is 264 g/mol. The predicted octanol–water partition coefficient (Wildman–Crippen LogP) is 3.70. The molecule has 0 fully saturated rings. The molecule has 0 radical (unpaired) electrons. The number of rotatable bonds is 4. The molecule has 21 heavy (non-hydrogen) atoms. The minimum Gasteiger partial charge on any atom is -0.454 e. The molecule has 0 N–H and O–H groups in total. The van der Waals surface area contributed by atoms with Crippen LogP contribution in [0.1, 0.15) is 29.7 Å². The fourth-order valence-electron chi connectivity index (χ4n) is 2.94. The molecule has 1 aliphatic carbocycles. The molecule has 2 aromatic carbocycles. The third kappa shape index (κ3) is 2.45. The van der Waals surface area contributed by atoms with E-state index in [0.29, 0.717) is 18.6 Å². The first-order chi connectivity index (χ1) is 10.1. The molecule has 0 heterocycles. The van der Waals surface area contributed by atoms with Crippen LogP contribution in [0, 0.1) is 0 Å². The van der Waals surface area contributed by atoms with E-state index in [0.717, 1.165) is 11.1 Å². The third-order valence-corrected chi connectivity index (χ3v) is 3.81. The number of benzene rings is 2. The van der Waals surface area contributed by atoms with E-state index in [1.54, 1.807) is 14.0 Å². The molecule has 0 saturated carbocycles. The summed E-state index contributed by atoms with van der Waals surface area (Å²) < 4.78 is 10.8. The second-order valence-corrected chi connectivity index (χ2v) is 5.51. The Morgan fingerprint density at radius 1 is 1.38 bits per heavy atom. The lowest BCUT2D eigenvalue weighted by Crippen LogP contribution is -2.10. The molecule has 0 aromatic heterocycles. The summed E-state index contributed by atoms with van der Waals surface area (Å²) in [6, 6.07) is 10.4. The zero-order valence-corrected chi connectivity index (χ0v) is 12.3. The van der Waals surface area contributed by atoms with E-state index in [2.05, 4.69) is 24.8 Å². The number of methoxy groups -OCH3 is 1. The smallest absolute Gasteiger partial charge is 0.333 e. The molecule has 1 atom stereocenters. The van der Waals surface area contributed by atoms with Gasteiger partial charge in [0.1, 0.15) is 6.10 Å². The van der Waals surface area contributed by atoms with Gasteiger partial charge < -0.3 is 9.47 Å². The highest BCUT2D eigenvalue weighted by molar-refractivity contribution is 5.93. The summed E-state index contributed by atoms with van der Waals surface area (Å²) in [5.41, 5.74) is 3.87. The van der Waals surface area contributed by atoms with Crippen molar-refractivity contribution in [1.82, 2.24) is 0 Å². The highest BCUT2D eigenvalue weighted by Gasteiger charge is 2.27. The zero-order valence-electron chi connectivity index (χ0n) is 12.3. The first kappa shape index (κ1) is 13.8. The van der Waals surface area contributed by atoms with Crippen LogP contribution in [0.5, 0.6) is 0 Å². The second-order valence-electron chi connectivity index (χ2n) is 5.51. The van der Waals surface area contributed by atoms with Gasteiger partial charge in [-0.1, -0.05) is 30.8 Å². The lowest BCUT2D eigenvalue weighted by Gasteiger charge is -2.13. The predicted molar refractivity (Wildman–Crippen MR) is 82.0 cm³/mol. The molecule has 0 saturated heterocycles. The van der Waals surface area contributed by atoms with E-state index in [1.165, 1.54) is 16.3 Å². The molecule has 2 aromatic rings. The van der Waals surface area contributed by atoms with E-state index >= 15 is 0 Å². The van der Waals surface area contributed by atoms with Gasteiger partial charge in [-0.15, -0.1) is 0 Å². The molecule has 0 bridgehead atoms. The highest BCUT2D eigenvalue weighted by atomic mass is 16.5. The van der Waals surface area contributed by atoms with Crippen LogP contribution in [-0.4, -0.2) is 13.1 Å². The largest absolute Gasteiger partial charge is 0.454 e. The topological polar surface area (TPSA) is 35.5 Å². The van der Waals surface area contributed by atoms with Gasteiger partial charge in [0.15, 0.2) is 0 Å². The minimum absolute atomic E-state index is 0.217. The molecule has 1 unspecified atom stereocenters. The second kappa shape index (κ2) is 5.34. The van der Waals surface area contributed by atoms with Gasteiger partial charge in [0.05, 0.1) is 6.61 Å². The van der Waals surface area contributed by atoms with Crippen molar-refractivity contribution in [2.24, 2.45) is 0 Å². The normalized spacial score (nSPS) is 16.2. The first-order valence-electron chi connectivity index (χ1n) is 7.00. The van der Waals surface area contributed by atoms with Crippen molar-refractivity contribution in [3.63, 3.8) is 0 Å². The van der Waals surface area contributed by atoms with Crippen LogP contribution in [0.3, 0.4) is 0 Å². The standard InChI is InChI=1S/C18H18O3/c1-11(2)18(19)21-16-9-14-8-12(10-20-3)7-13-5-4-6-15(16)17(13)14/h4-8,16H,1,9-10H2,2-3H3. The van der Waals surface area contributed by atoms with Crippen LogP contribution in [0.2, 0.25) is 0 Å². The Morgan fingerprint density at radius 2 is 2.19 bits per heavy atom. The Labute approximate surface area is 124 Å². The van der Waals surface area contributed by atoms with Gasteiger partial charge in [0, 0.05) is 24.7 Å². The summed E-state index contributed by atoms with van der Waals surface area (Å²) in [5.74, 6) is -0.332. The van der Waals surface area contributed by atoms with Crippen molar-refractivity contribution in [2.75, 3.05) is 7.11 Å². The van der Waals surface area contributed by atoms with Crippen molar-refractivity contribution in [3.05, 3.63) is 59.2 Å². The third-order valence-electron chi connectivity index (χ3n) is 3.81. The molecule has 0 spiro atoms. The summed E-state index contributed by atoms with van der Waals surface area (Å²) in [4.78, 5) is 11.8. The zero-order chi connectivity index (χ0) is 15.0. The molecule has 3 heteroatoms. The van der Waals surface area contributed by atoms with Crippen LogP contribution in [-0.2, 0) is 27.3 Å². The number of ether oxygens (including phenoxy) is 2. The molecule has 3 nitrogen and oxygen atoms in total. The van der Waals surface area contributed by atoms with E-state index < -0.39 is 0 Å². The number of hydrogen-bond donors (Lipinski definition) is 0. The molecule has 0 aliphatic heterocycles. The van der Waals surface area contributed by atoms with Gasteiger partial charge in [-0.25, -0.2) is 4.79 Å². The number of carbonyl (C=O) groups excluding carboxylic acids is 1. The molecule has 0 amide bonds. The van der Waals surface area contributed by atoms with E-state index in [1.807, 2.05) is 12.1 Å². The molecular formula is C18H18O3.